The molecule has 0 saturated carbocycles. The van der Waals surface area contributed by atoms with Crippen LogP contribution >= 0.6 is 0 Å². The SMILES string of the molecule is O=CNNc1cccc(O)c1. The minimum absolute atomic E-state index is 0.155. The molecule has 0 aliphatic carbocycles. The molecular formula is C7H8N2O2. The number of carbonyl (C=O) groups is 1. The van der Waals surface area contributed by atoms with Gasteiger partial charge in [0.05, 0.1) is 5.69 Å². The lowest BCUT2D eigenvalue weighted by molar-refractivity contribution is -0.109. The van der Waals surface area contributed by atoms with E-state index < -0.39 is 0 Å². The van der Waals surface area contributed by atoms with Crippen molar-refractivity contribution in [3.8, 4) is 5.75 Å². The van der Waals surface area contributed by atoms with Gasteiger partial charge in [0.2, 0.25) is 6.41 Å². The third-order valence-electron chi connectivity index (χ3n) is 1.12. The standard InChI is InChI=1S/C7H8N2O2/c10-5-8-9-6-2-1-3-7(11)4-6/h1-5,9,11H,(H,8,10). The molecule has 3 N–H and O–H groups in total. The van der Waals surface area contributed by atoms with Crippen LogP contribution in [0.1, 0.15) is 0 Å². The van der Waals surface area contributed by atoms with E-state index in [1.54, 1.807) is 18.2 Å². The fourth-order valence-electron chi connectivity index (χ4n) is 0.696. The lowest BCUT2D eigenvalue weighted by Gasteiger charge is -2.02. The number of phenolic OH excluding ortho intramolecular Hbond substituents is 1. The zero-order valence-corrected chi connectivity index (χ0v) is 5.74. The number of carbonyl (C=O) groups excluding carboxylic acids is 1. The predicted molar refractivity (Wildman–Crippen MR) is 40.9 cm³/mol. The molecule has 4 nitrogen and oxygen atoms in total. The van der Waals surface area contributed by atoms with Gasteiger partial charge in [0, 0.05) is 6.07 Å². The third kappa shape index (κ3) is 2.17. The van der Waals surface area contributed by atoms with Gasteiger partial charge in [-0.15, -0.1) is 0 Å². The minimum atomic E-state index is 0.155. The molecule has 11 heavy (non-hydrogen) atoms. The summed E-state index contributed by atoms with van der Waals surface area (Å²) in [6.45, 7) is 0. The van der Waals surface area contributed by atoms with Crippen molar-refractivity contribution in [2.45, 2.75) is 0 Å². The van der Waals surface area contributed by atoms with Crippen molar-refractivity contribution in [2.75, 3.05) is 5.43 Å². The van der Waals surface area contributed by atoms with Gasteiger partial charge in [-0.3, -0.25) is 15.6 Å². The number of nitrogens with one attached hydrogen (secondary N) is 2. The van der Waals surface area contributed by atoms with Crippen LogP contribution in [0, 0.1) is 0 Å². The molecule has 0 aromatic heterocycles. The van der Waals surface area contributed by atoms with E-state index in [-0.39, 0.29) is 5.75 Å². The van der Waals surface area contributed by atoms with Crippen LogP contribution in [0.2, 0.25) is 0 Å². The van der Waals surface area contributed by atoms with Crippen LogP contribution in [0.3, 0.4) is 0 Å². The van der Waals surface area contributed by atoms with Crippen molar-refractivity contribution in [1.29, 1.82) is 0 Å². The first-order valence-corrected chi connectivity index (χ1v) is 3.07. The second-order valence-corrected chi connectivity index (χ2v) is 1.94. The van der Waals surface area contributed by atoms with E-state index in [0.29, 0.717) is 12.1 Å². The van der Waals surface area contributed by atoms with Crippen LogP contribution in [0.5, 0.6) is 5.75 Å². The monoisotopic (exact) mass is 152 g/mol. The summed E-state index contributed by atoms with van der Waals surface area (Å²) in [6.07, 6.45) is 0.518. The minimum Gasteiger partial charge on any atom is -0.508 e. The average Bonchev–Trinajstić information content (AvgIpc) is 2.01. The highest BCUT2D eigenvalue weighted by atomic mass is 16.3. The largest absolute Gasteiger partial charge is 0.508 e. The Bertz CT molecular complexity index is 250. The summed E-state index contributed by atoms with van der Waals surface area (Å²) in [5.41, 5.74) is 5.44. The Morgan fingerprint density at radius 1 is 1.45 bits per heavy atom. The van der Waals surface area contributed by atoms with Gasteiger partial charge < -0.3 is 5.11 Å². The topological polar surface area (TPSA) is 61.4 Å². The van der Waals surface area contributed by atoms with Crippen LogP contribution in [0.15, 0.2) is 24.3 Å². The molecule has 1 rings (SSSR count). The Morgan fingerprint density at radius 2 is 2.27 bits per heavy atom. The van der Waals surface area contributed by atoms with Crippen LogP contribution < -0.4 is 10.9 Å². The van der Waals surface area contributed by atoms with Crippen molar-refractivity contribution in [1.82, 2.24) is 5.43 Å². The van der Waals surface area contributed by atoms with Crippen molar-refractivity contribution >= 4 is 12.1 Å². The molecule has 0 fully saturated rings. The lowest BCUT2D eigenvalue weighted by Crippen LogP contribution is -2.18. The Morgan fingerprint density at radius 3 is 2.91 bits per heavy atom. The number of benzene rings is 1. The first-order chi connectivity index (χ1) is 5.33. The van der Waals surface area contributed by atoms with E-state index in [0.717, 1.165) is 0 Å². The van der Waals surface area contributed by atoms with Gasteiger partial charge in [0.1, 0.15) is 5.75 Å². The van der Waals surface area contributed by atoms with Crippen molar-refractivity contribution in [2.24, 2.45) is 0 Å². The fourth-order valence-corrected chi connectivity index (χ4v) is 0.696. The normalized spacial score (nSPS) is 8.73. The number of hydrazine groups is 1. The maximum absolute atomic E-state index is 9.83. The molecule has 0 spiro atoms. The Labute approximate surface area is 63.8 Å². The maximum Gasteiger partial charge on any atom is 0.225 e. The molecule has 0 unspecified atom stereocenters. The Hall–Kier alpha value is -1.71. The Kier molecular flexibility index (Phi) is 2.32. The van der Waals surface area contributed by atoms with Gasteiger partial charge in [-0.25, -0.2) is 0 Å². The Balaban J connectivity index is 2.63. The number of hydrogen-bond acceptors (Lipinski definition) is 3. The summed E-state index contributed by atoms with van der Waals surface area (Å²) in [4.78, 5) is 9.83. The van der Waals surface area contributed by atoms with Gasteiger partial charge >= 0.3 is 0 Å². The van der Waals surface area contributed by atoms with Gasteiger partial charge in [-0.1, -0.05) is 6.07 Å². The average molecular weight is 152 g/mol. The second-order valence-electron chi connectivity index (χ2n) is 1.94. The molecule has 1 amide bonds. The molecule has 0 atom stereocenters. The number of phenols is 1. The van der Waals surface area contributed by atoms with Gasteiger partial charge in [-0.05, 0) is 12.1 Å². The van der Waals surface area contributed by atoms with E-state index >= 15 is 0 Å². The highest BCUT2D eigenvalue weighted by Gasteiger charge is 1.89. The van der Waals surface area contributed by atoms with Crippen molar-refractivity contribution in [3.63, 3.8) is 0 Å². The van der Waals surface area contributed by atoms with E-state index in [1.165, 1.54) is 6.07 Å². The quantitative estimate of drug-likeness (QED) is 0.435. The van der Waals surface area contributed by atoms with Crippen LogP contribution in [0.25, 0.3) is 0 Å². The molecule has 0 radical (unpaired) electrons. The second kappa shape index (κ2) is 3.46. The summed E-state index contributed by atoms with van der Waals surface area (Å²) in [5, 5.41) is 8.96. The summed E-state index contributed by atoms with van der Waals surface area (Å²) >= 11 is 0. The maximum atomic E-state index is 9.83. The van der Waals surface area contributed by atoms with Crippen molar-refractivity contribution in [3.05, 3.63) is 24.3 Å². The third-order valence-corrected chi connectivity index (χ3v) is 1.12. The summed E-state index contributed by atoms with van der Waals surface area (Å²) in [6, 6.07) is 6.43. The van der Waals surface area contributed by atoms with Crippen molar-refractivity contribution < 1.29 is 9.90 Å². The van der Waals surface area contributed by atoms with Crippen LogP contribution in [-0.2, 0) is 4.79 Å². The molecule has 0 bridgehead atoms. The van der Waals surface area contributed by atoms with Crippen LogP contribution in [-0.4, -0.2) is 11.5 Å². The molecule has 58 valence electrons. The summed E-state index contributed by atoms with van der Waals surface area (Å²) in [5.74, 6) is 0.155. The molecule has 1 aromatic carbocycles. The molecule has 0 aliphatic heterocycles. The molecular weight excluding hydrogens is 144 g/mol. The smallest absolute Gasteiger partial charge is 0.225 e. The van der Waals surface area contributed by atoms with Gasteiger partial charge in [0.25, 0.3) is 0 Å². The molecule has 0 aliphatic rings. The zero-order valence-electron chi connectivity index (χ0n) is 5.74. The fraction of sp³-hybridized carbons (Fsp3) is 0. The summed E-state index contributed by atoms with van der Waals surface area (Å²) in [7, 11) is 0. The predicted octanol–water partition coefficient (Wildman–Crippen LogP) is 0.465. The first-order valence-electron chi connectivity index (χ1n) is 3.07. The van der Waals surface area contributed by atoms with E-state index in [2.05, 4.69) is 10.9 Å². The molecule has 0 saturated heterocycles. The number of amides is 1. The highest BCUT2D eigenvalue weighted by molar-refractivity contribution is 5.54. The molecule has 1 aromatic rings. The van der Waals surface area contributed by atoms with E-state index in [4.69, 9.17) is 5.11 Å². The number of hydrogen-bond donors (Lipinski definition) is 3. The first kappa shape index (κ1) is 7.40. The molecule has 0 heterocycles. The number of rotatable bonds is 3. The van der Waals surface area contributed by atoms with E-state index in [9.17, 15) is 4.79 Å². The van der Waals surface area contributed by atoms with Crippen LogP contribution in [0.4, 0.5) is 5.69 Å². The summed E-state index contributed by atoms with van der Waals surface area (Å²) < 4.78 is 0. The zero-order chi connectivity index (χ0) is 8.10. The number of anilines is 1. The molecule has 4 heteroatoms. The highest BCUT2D eigenvalue weighted by Crippen LogP contribution is 2.13. The van der Waals surface area contributed by atoms with Gasteiger partial charge in [-0.2, -0.15) is 0 Å². The van der Waals surface area contributed by atoms with E-state index in [1.807, 2.05) is 0 Å². The number of aromatic hydroxyl groups is 1. The lowest BCUT2D eigenvalue weighted by atomic mass is 10.3. The van der Waals surface area contributed by atoms with Gasteiger partial charge in [0.15, 0.2) is 0 Å².